The molecule has 19 heavy (non-hydrogen) atoms. The van der Waals surface area contributed by atoms with Crippen LogP contribution in [0.4, 0.5) is 0 Å². The number of halogens is 1. The van der Waals surface area contributed by atoms with E-state index >= 15 is 0 Å². The van der Waals surface area contributed by atoms with Gasteiger partial charge < -0.3 is 15.2 Å². The Hall–Kier alpha value is -0.580. The maximum Gasteiger partial charge on any atom is 0.120 e. The van der Waals surface area contributed by atoms with Gasteiger partial charge in [0.15, 0.2) is 0 Å². The van der Waals surface area contributed by atoms with Gasteiger partial charge in [0.05, 0.1) is 13.2 Å². The molecule has 0 bridgehead atoms. The normalized spacial score (nSPS) is 18.2. The molecule has 1 aromatic rings. The topological polar surface area (TPSA) is 44.5 Å². The molecule has 1 fully saturated rings. The van der Waals surface area contributed by atoms with Gasteiger partial charge in [-0.2, -0.15) is 0 Å². The van der Waals surface area contributed by atoms with Crippen molar-refractivity contribution in [1.82, 2.24) is 0 Å². The molecule has 0 unspecified atom stereocenters. The van der Waals surface area contributed by atoms with Crippen molar-refractivity contribution >= 4 is 15.9 Å². The van der Waals surface area contributed by atoms with Crippen molar-refractivity contribution in [2.24, 2.45) is 5.73 Å². The van der Waals surface area contributed by atoms with Crippen molar-refractivity contribution in [3.63, 3.8) is 0 Å². The molecular formula is C15H22BrNO2. The van der Waals surface area contributed by atoms with E-state index in [-0.39, 0.29) is 5.54 Å². The van der Waals surface area contributed by atoms with Gasteiger partial charge in [-0.25, -0.2) is 0 Å². The van der Waals surface area contributed by atoms with Gasteiger partial charge in [-0.3, -0.25) is 0 Å². The van der Waals surface area contributed by atoms with E-state index in [0.29, 0.717) is 19.8 Å². The van der Waals surface area contributed by atoms with E-state index in [1.807, 2.05) is 24.3 Å². The largest absolute Gasteiger partial charge is 0.491 e. The van der Waals surface area contributed by atoms with Crippen LogP contribution in [0.15, 0.2) is 28.7 Å². The zero-order valence-corrected chi connectivity index (χ0v) is 12.8. The average molecular weight is 328 g/mol. The summed E-state index contributed by atoms with van der Waals surface area (Å²) in [5.41, 5.74) is 6.20. The van der Waals surface area contributed by atoms with Crippen molar-refractivity contribution in [2.45, 2.75) is 37.6 Å². The molecule has 1 aromatic carbocycles. The zero-order chi connectivity index (χ0) is 13.6. The van der Waals surface area contributed by atoms with E-state index in [1.54, 1.807) is 0 Å². The van der Waals surface area contributed by atoms with Crippen molar-refractivity contribution < 1.29 is 9.47 Å². The minimum Gasteiger partial charge on any atom is -0.491 e. The summed E-state index contributed by atoms with van der Waals surface area (Å²) in [6.45, 7) is 1.80. The lowest BCUT2D eigenvalue weighted by molar-refractivity contribution is 0.0498. The van der Waals surface area contributed by atoms with Crippen LogP contribution in [-0.2, 0) is 4.74 Å². The van der Waals surface area contributed by atoms with Crippen LogP contribution in [0.1, 0.15) is 32.1 Å². The number of ether oxygens (including phenoxy) is 2. The van der Waals surface area contributed by atoms with Crippen LogP contribution < -0.4 is 10.5 Å². The number of hydrogen-bond acceptors (Lipinski definition) is 3. The molecule has 4 heteroatoms. The first-order valence-corrected chi connectivity index (χ1v) is 7.72. The molecule has 0 spiro atoms. The number of benzene rings is 1. The molecule has 0 heterocycles. The Kier molecular flexibility index (Phi) is 5.67. The van der Waals surface area contributed by atoms with Crippen molar-refractivity contribution in [3.05, 3.63) is 28.7 Å². The minimum absolute atomic E-state index is 0.103. The fourth-order valence-electron chi connectivity index (χ4n) is 2.45. The molecule has 0 radical (unpaired) electrons. The quantitative estimate of drug-likeness (QED) is 0.813. The van der Waals surface area contributed by atoms with E-state index in [4.69, 9.17) is 15.2 Å². The second-order valence-corrected chi connectivity index (χ2v) is 6.20. The zero-order valence-electron chi connectivity index (χ0n) is 11.2. The van der Waals surface area contributed by atoms with Crippen LogP contribution in [0, 0.1) is 0 Å². The summed E-state index contributed by atoms with van der Waals surface area (Å²) in [5.74, 6) is 0.859. The lowest BCUT2D eigenvalue weighted by atomic mass is 9.83. The number of hydrogen-bond donors (Lipinski definition) is 1. The highest BCUT2D eigenvalue weighted by Gasteiger charge is 2.27. The number of rotatable bonds is 6. The minimum atomic E-state index is -0.103. The second kappa shape index (κ2) is 7.27. The maximum absolute atomic E-state index is 6.30. The van der Waals surface area contributed by atoms with Gasteiger partial charge >= 0.3 is 0 Å². The Bertz CT molecular complexity index is 391. The Morgan fingerprint density at radius 2 is 1.95 bits per heavy atom. The first kappa shape index (κ1) is 14.8. The second-order valence-electron chi connectivity index (χ2n) is 5.28. The van der Waals surface area contributed by atoms with E-state index < -0.39 is 0 Å². The molecule has 2 rings (SSSR count). The highest BCUT2D eigenvalue weighted by atomic mass is 79.9. The summed E-state index contributed by atoms with van der Waals surface area (Å²) in [6.07, 6.45) is 5.94. The fourth-order valence-corrected chi connectivity index (χ4v) is 2.83. The first-order chi connectivity index (χ1) is 9.18. The molecule has 1 saturated carbocycles. The van der Waals surface area contributed by atoms with Crippen LogP contribution in [0.25, 0.3) is 0 Å². The molecule has 0 amide bonds. The Labute approximate surface area is 123 Å². The van der Waals surface area contributed by atoms with E-state index in [0.717, 1.165) is 23.1 Å². The van der Waals surface area contributed by atoms with Crippen LogP contribution >= 0.6 is 15.9 Å². The molecule has 0 atom stereocenters. The third-order valence-corrected chi connectivity index (χ3v) is 4.02. The average Bonchev–Trinajstić information content (AvgIpc) is 2.39. The van der Waals surface area contributed by atoms with Gasteiger partial charge in [0.25, 0.3) is 0 Å². The summed E-state index contributed by atoms with van der Waals surface area (Å²) < 4.78 is 12.3. The fraction of sp³-hybridized carbons (Fsp3) is 0.600. The molecule has 3 nitrogen and oxygen atoms in total. The highest BCUT2D eigenvalue weighted by Crippen LogP contribution is 2.26. The van der Waals surface area contributed by atoms with Gasteiger partial charge in [-0.15, -0.1) is 0 Å². The van der Waals surface area contributed by atoms with Crippen LogP contribution in [-0.4, -0.2) is 25.4 Å². The maximum atomic E-state index is 6.30. The summed E-state index contributed by atoms with van der Waals surface area (Å²) in [6, 6.07) is 7.82. The van der Waals surface area contributed by atoms with E-state index in [9.17, 15) is 0 Å². The monoisotopic (exact) mass is 327 g/mol. The SMILES string of the molecule is NC1(COCCOc2cccc(Br)c2)CCCCC1. The molecular weight excluding hydrogens is 306 g/mol. The summed E-state index contributed by atoms with van der Waals surface area (Å²) in [4.78, 5) is 0. The van der Waals surface area contributed by atoms with Crippen LogP contribution in [0.2, 0.25) is 0 Å². The van der Waals surface area contributed by atoms with Crippen LogP contribution in [0.3, 0.4) is 0 Å². The molecule has 1 aliphatic rings. The standard InChI is InChI=1S/C15H22BrNO2/c16-13-5-4-6-14(11-13)19-10-9-18-12-15(17)7-2-1-3-8-15/h4-6,11H,1-3,7-10,12,17H2. The third-order valence-electron chi connectivity index (χ3n) is 3.53. The van der Waals surface area contributed by atoms with Crippen molar-refractivity contribution in [1.29, 1.82) is 0 Å². The van der Waals surface area contributed by atoms with Crippen molar-refractivity contribution in [3.8, 4) is 5.75 Å². The summed E-state index contributed by atoms with van der Waals surface area (Å²) in [7, 11) is 0. The molecule has 1 aliphatic carbocycles. The lowest BCUT2D eigenvalue weighted by Crippen LogP contribution is -2.46. The molecule has 0 saturated heterocycles. The molecule has 0 aliphatic heterocycles. The molecule has 106 valence electrons. The van der Waals surface area contributed by atoms with Crippen molar-refractivity contribution in [2.75, 3.05) is 19.8 Å². The third kappa shape index (κ3) is 5.13. The van der Waals surface area contributed by atoms with Gasteiger partial charge in [0.1, 0.15) is 12.4 Å². The van der Waals surface area contributed by atoms with Gasteiger partial charge in [0.2, 0.25) is 0 Å². The highest BCUT2D eigenvalue weighted by molar-refractivity contribution is 9.10. The lowest BCUT2D eigenvalue weighted by Gasteiger charge is -2.32. The summed E-state index contributed by atoms with van der Waals surface area (Å²) >= 11 is 3.42. The van der Waals surface area contributed by atoms with Gasteiger partial charge in [-0.05, 0) is 31.0 Å². The first-order valence-electron chi connectivity index (χ1n) is 6.93. The van der Waals surface area contributed by atoms with Crippen LogP contribution in [0.5, 0.6) is 5.75 Å². The van der Waals surface area contributed by atoms with Gasteiger partial charge in [0, 0.05) is 10.0 Å². The summed E-state index contributed by atoms with van der Waals surface area (Å²) in [5, 5.41) is 0. The predicted octanol–water partition coefficient (Wildman–Crippen LogP) is 3.51. The van der Waals surface area contributed by atoms with E-state index in [2.05, 4.69) is 15.9 Å². The smallest absolute Gasteiger partial charge is 0.120 e. The van der Waals surface area contributed by atoms with E-state index in [1.165, 1.54) is 19.3 Å². The Morgan fingerprint density at radius 3 is 2.68 bits per heavy atom. The Balaban J connectivity index is 1.62. The predicted molar refractivity (Wildman–Crippen MR) is 80.5 cm³/mol. The van der Waals surface area contributed by atoms with Gasteiger partial charge in [-0.1, -0.05) is 41.3 Å². The number of nitrogens with two attached hydrogens (primary N) is 1. The molecule has 0 aromatic heterocycles. The molecule has 2 N–H and O–H groups in total. The Morgan fingerprint density at radius 1 is 1.16 bits per heavy atom.